The Morgan fingerprint density at radius 1 is 1.52 bits per heavy atom. The molecular weight excluding hydrogens is 272 g/mol. The number of ether oxygens (including phenoxy) is 1. The number of hydrogen-bond donors (Lipinski definition) is 0. The normalized spacial score (nSPS) is 10.9. The highest BCUT2D eigenvalue weighted by Crippen LogP contribution is 2.13. The Kier molecular flexibility index (Phi) is 4.74. The van der Waals surface area contributed by atoms with Gasteiger partial charge in [-0.3, -0.25) is 4.79 Å². The quantitative estimate of drug-likeness (QED) is 0.807. The van der Waals surface area contributed by atoms with Gasteiger partial charge in [-0.2, -0.15) is 4.98 Å². The Labute approximate surface area is 123 Å². The van der Waals surface area contributed by atoms with E-state index in [9.17, 15) is 4.79 Å². The minimum absolute atomic E-state index is 0.0397. The van der Waals surface area contributed by atoms with Crippen molar-refractivity contribution < 1.29 is 14.1 Å². The summed E-state index contributed by atoms with van der Waals surface area (Å²) in [4.78, 5) is 18.4. The van der Waals surface area contributed by atoms with E-state index in [1.165, 1.54) is 0 Å². The lowest BCUT2D eigenvalue weighted by Gasteiger charge is -2.18. The standard InChI is InChI=1S/C14H20N4O3/c1-5-18(8-13-15-12(9-20-4)16-21-13)14(19)11-6-7-17(3)10(11)2/h6-7H,5,8-9H2,1-4H3. The van der Waals surface area contributed by atoms with Crippen molar-refractivity contribution in [3.05, 3.63) is 35.2 Å². The van der Waals surface area contributed by atoms with E-state index in [0.29, 0.717) is 37.0 Å². The Morgan fingerprint density at radius 3 is 2.86 bits per heavy atom. The van der Waals surface area contributed by atoms with E-state index in [1.54, 1.807) is 12.0 Å². The molecule has 2 heterocycles. The molecule has 21 heavy (non-hydrogen) atoms. The first-order valence-electron chi connectivity index (χ1n) is 6.78. The number of carbonyl (C=O) groups excluding carboxylic acids is 1. The van der Waals surface area contributed by atoms with Crippen LogP contribution in [0, 0.1) is 6.92 Å². The second-order valence-electron chi connectivity index (χ2n) is 4.78. The van der Waals surface area contributed by atoms with Gasteiger partial charge in [-0.05, 0) is 19.9 Å². The fourth-order valence-electron chi connectivity index (χ4n) is 2.04. The van der Waals surface area contributed by atoms with Gasteiger partial charge in [0.1, 0.15) is 13.2 Å². The summed E-state index contributed by atoms with van der Waals surface area (Å²) in [6.45, 7) is 4.99. The summed E-state index contributed by atoms with van der Waals surface area (Å²) >= 11 is 0. The zero-order valence-electron chi connectivity index (χ0n) is 12.8. The summed E-state index contributed by atoms with van der Waals surface area (Å²) in [7, 11) is 3.48. The van der Waals surface area contributed by atoms with Gasteiger partial charge in [0, 0.05) is 32.6 Å². The van der Waals surface area contributed by atoms with E-state index in [-0.39, 0.29) is 5.91 Å². The van der Waals surface area contributed by atoms with E-state index in [2.05, 4.69) is 10.1 Å². The van der Waals surface area contributed by atoms with Crippen molar-refractivity contribution in [2.24, 2.45) is 7.05 Å². The van der Waals surface area contributed by atoms with E-state index in [0.717, 1.165) is 5.69 Å². The summed E-state index contributed by atoms with van der Waals surface area (Å²) in [6.07, 6.45) is 1.87. The first kappa shape index (κ1) is 15.2. The Balaban J connectivity index is 2.11. The number of amides is 1. The third kappa shape index (κ3) is 3.30. The molecule has 2 rings (SSSR count). The number of carbonyl (C=O) groups is 1. The maximum Gasteiger partial charge on any atom is 0.256 e. The summed E-state index contributed by atoms with van der Waals surface area (Å²) < 4.78 is 12.0. The van der Waals surface area contributed by atoms with Gasteiger partial charge < -0.3 is 18.7 Å². The van der Waals surface area contributed by atoms with E-state index < -0.39 is 0 Å². The fraction of sp³-hybridized carbons (Fsp3) is 0.500. The smallest absolute Gasteiger partial charge is 0.256 e. The molecular formula is C14H20N4O3. The summed E-state index contributed by atoms with van der Waals surface area (Å²) in [5.41, 5.74) is 1.63. The lowest BCUT2D eigenvalue weighted by Crippen LogP contribution is -2.30. The molecule has 2 aromatic rings. The third-order valence-electron chi connectivity index (χ3n) is 3.39. The number of rotatable bonds is 6. The van der Waals surface area contributed by atoms with Crippen molar-refractivity contribution in [3.63, 3.8) is 0 Å². The van der Waals surface area contributed by atoms with Crippen molar-refractivity contribution in [1.29, 1.82) is 0 Å². The number of aromatic nitrogens is 3. The SMILES string of the molecule is CCN(Cc1nc(COC)no1)C(=O)c1ccn(C)c1C. The first-order chi connectivity index (χ1) is 10.1. The molecule has 0 saturated heterocycles. The van der Waals surface area contributed by atoms with Crippen molar-refractivity contribution in [2.75, 3.05) is 13.7 Å². The Morgan fingerprint density at radius 2 is 2.29 bits per heavy atom. The highest BCUT2D eigenvalue weighted by molar-refractivity contribution is 5.95. The van der Waals surface area contributed by atoms with Crippen molar-refractivity contribution in [3.8, 4) is 0 Å². The van der Waals surface area contributed by atoms with E-state index in [1.807, 2.05) is 37.7 Å². The minimum Gasteiger partial charge on any atom is -0.377 e. The third-order valence-corrected chi connectivity index (χ3v) is 3.39. The largest absolute Gasteiger partial charge is 0.377 e. The van der Waals surface area contributed by atoms with Crippen LogP contribution in [0.2, 0.25) is 0 Å². The second-order valence-corrected chi connectivity index (χ2v) is 4.78. The van der Waals surface area contributed by atoms with Crippen LogP contribution in [0.1, 0.15) is 34.7 Å². The zero-order valence-corrected chi connectivity index (χ0v) is 12.8. The predicted octanol–water partition coefficient (Wildman–Crippen LogP) is 1.53. The molecule has 0 fully saturated rings. The molecule has 0 N–H and O–H groups in total. The van der Waals surface area contributed by atoms with Gasteiger partial charge >= 0.3 is 0 Å². The predicted molar refractivity (Wildman–Crippen MR) is 75.6 cm³/mol. The summed E-state index contributed by atoms with van der Waals surface area (Å²) in [5, 5.41) is 3.79. The first-order valence-corrected chi connectivity index (χ1v) is 6.78. The van der Waals surface area contributed by atoms with Crippen LogP contribution in [0.25, 0.3) is 0 Å². The molecule has 0 aliphatic rings. The second kappa shape index (κ2) is 6.53. The highest BCUT2D eigenvalue weighted by Gasteiger charge is 2.20. The maximum atomic E-state index is 12.5. The summed E-state index contributed by atoms with van der Waals surface area (Å²) in [6, 6.07) is 1.82. The average Bonchev–Trinajstić information content (AvgIpc) is 3.04. The van der Waals surface area contributed by atoms with Gasteiger partial charge in [-0.25, -0.2) is 0 Å². The molecule has 0 aromatic carbocycles. The molecule has 0 atom stereocenters. The molecule has 7 nitrogen and oxygen atoms in total. The average molecular weight is 292 g/mol. The van der Waals surface area contributed by atoms with Crippen LogP contribution in [0.4, 0.5) is 0 Å². The maximum absolute atomic E-state index is 12.5. The Hall–Kier alpha value is -2.15. The van der Waals surface area contributed by atoms with Gasteiger partial charge in [0.05, 0.1) is 5.56 Å². The number of aryl methyl sites for hydroxylation is 1. The zero-order chi connectivity index (χ0) is 15.4. The molecule has 0 saturated carbocycles. The lowest BCUT2D eigenvalue weighted by molar-refractivity contribution is 0.0733. The molecule has 0 aliphatic carbocycles. The topological polar surface area (TPSA) is 73.4 Å². The molecule has 2 aromatic heterocycles. The molecule has 0 aliphatic heterocycles. The van der Waals surface area contributed by atoms with Crippen LogP contribution in [-0.2, 0) is 24.9 Å². The summed E-state index contributed by atoms with van der Waals surface area (Å²) in [5.74, 6) is 0.847. The van der Waals surface area contributed by atoms with Crippen molar-refractivity contribution in [2.45, 2.75) is 27.0 Å². The van der Waals surface area contributed by atoms with Crippen molar-refractivity contribution >= 4 is 5.91 Å². The van der Waals surface area contributed by atoms with Gasteiger partial charge in [0.25, 0.3) is 5.91 Å². The van der Waals surface area contributed by atoms with Crippen LogP contribution in [-0.4, -0.2) is 39.2 Å². The lowest BCUT2D eigenvalue weighted by atomic mass is 10.2. The molecule has 0 unspecified atom stereocenters. The van der Waals surface area contributed by atoms with Gasteiger partial charge in [0.2, 0.25) is 5.89 Å². The van der Waals surface area contributed by atoms with Crippen molar-refractivity contribution in [1.82, 2.24) is 19.6 Å². The van der Waals surface area contributed by atoms with Gasteiger partial charge in [0.15, 0.2) is 5.82 Å². The van der Waals surface area contributed by atoms with Crippen LogP contribution in [0.3, 0.4) is 0 Å². The molecule has 7 heteroatoms. The van der Waals surface area contributed by atoms with E-state index >= 15 is 0 Å². The fourth-order valence-corrected chi connectivity index (χ4v) is 2.04. The van der Waals surface area contributed by atoms with Gasteiger partial charge in [-0.15, -0.1) is 0 Å². The number of nitrogens with zero attached hydrogens (tertiary/aromatic N) is 4. The van der Waals surface area contributed by atoms with Crippen LogP contribution in [0.15, 0.2) is 16.8 Å². The molecule has 0 spiro atoms. The van der Waals surface area contributed by atoms with Crippen LogP contribution in [0.5, 0.6) is 0 Å². The molecule has 1 amide bonds. The van der Waals surface area contributed by atoms with Crippen LogP contribution < -0.4 is 0 Å². The number of hydrogen-bond acceptors (Lipinski definition) is 5. The molecule has 0 radical (unpaired) electrons. The monoisotopic (exact) mass is 292 g/mol. The highest BCUT2D eigenvalue weighted by atomic mass is 16.5. The Bertz CT molecular complexity index is 618. The van der Waals surface area contributed by atoms with E-state index in [4.69, 9.17) is 9.26 Å². The minimum atomic E-state index is -0.0397. The van der Waals surface area contributed by atoms with Gasteiger partial charge in [-0.1, -0.05) is 5.16 Å². The molecule has 0 bridgehead atoms. The molecule has 114 valence electrons. The van der Waals surface area contributed by atoms with Crippen LogP contribution >= 0.6 is 0 Å². The number of methoxy groups -OCH3 is 1.